The highest BCUT2D eigenvalue weighted by Crippen LogP contribution is 2.48. The van der Waals surface area contributed by atoms with Crippen LogP contribution < -0.4 is 13.8 Å². The normalized spacial score (nSPS) is 15.5. The van der Waals surface area contributed by atoms with E-state index in [0.717, 1.165) is 52.9 Å². The Kier molecular flexibility index (Phi) is 21.2. The number of rotatable bonds is 28. The first-order valence-corrected chi connectivity index (χ1v) is 22.8. The van der Waals surface area contributed by atoms with Crippen molar-refractivity contribution in [3.8, 4) is 11.5 Å². The van der Waals surface area contributed by atoms with Crippen LogP contribution in [0.2, 0.25) is 0 Å². The second kappa shape index (κ2) is 25.3. The number of aliphatic imine (C=N–C) groups is 1. The van der Waals surface area contributed by atoms with Crippen LogP contribution in [0.1, 0.15) is 150 Å². The molecule has 0 bridgehead atoms. The van der Waals surface area contributed by atoms with Crippen LogP contribution in [0, 0.1) is 5.92 Å². The van der Waals surface area contributed by atoms with Gasteiger partial charge in [-0.15, -0.1) is 4.79 Å². The molecule has 0 aromatic heterocycles. The highest BCUT2D eigenvalue weighted by atomic mass is 127. The number of allylic oxidation sites excluding steroid dienone is 2. The lowest BCUT2D eigenvalue weighted by Crippen LogP contribution is -2.23. The quantitative estimate of drug-likeness (QED) is 0.0102. The van der Waals surface area contributed by atoms with Crippen molar-refractivity contribution in [3.63, 3.8) is 0 Å². The molecule has 280 valence electrons. The van der Waals surface area contributed by atoms with E-state index < -0.39 is 6.17 Å². The zero-order valence-electron chi connectivity index (χ0n) is 30.7. The highest BCUT2D eigenvalue weighted by molar-refractivity contribution is 14.2. The van der Waals surface area contributed by atoms with Crippen LogP contribution in [-0.2, 0) is 4.79 Å². The van der Waals surface area contributed by atoms with Gasteiger partial charge in [0.1, 0.15) is 24.0 Å². The molecule has 0 fully saturated rings. The number of carbonyl (C=O) groups is 1. The highest BCUT2D eigenvalue weighted by Gasteiger charge is 2.31. The number of nitrogens with one attached hydrogen (secondary N) is 2. The van der Waals surface area contributed by atoms with E-state index in [0.29, 0.717) is 6.42 Å². The molecule has 2 aromatic carbocycles. The fraction of sp³-hybridized carbons (Fsp3) is 0.550. The summed E-state index contributed by atoms with van der Waals surface area (Å²) in [5.41, 5.74) is 11.3. The van der Waals surface area contributed by atoms with Gasteiger partial charge >= 0.3 is 0 Å². The number of ether oxygens (including phenoxy) is 1. The van der Waals surface area contributed by atoms with Gasteiger partial charge in [0.2, 0.25) is 0 Å². The van der Waals surface area contributed by atoms with Crippen molar-refractivity contribution in [3.05, 3.63) is 76.2 Å². The number of hydrogen-bond acceptors (Lipinski definition) is 7. The number of hydrazine groups is 1. The van der Waals surface area contributed by atoms with Crippen LogP contribution in [0.3, 0.4) is 0 Å². The maximum Gasteiger partial charge on any atom is 0.169 e. The zero-order valence-corrected chi connectivity index (χ0v) is 35.1. The Morgan fingerprint density at radius 2 is 1.51 bits per heavy atom. The van der Waals surface area contributed by atoms with E-state index in [1.807, 2.05) is 41.1 Å². The predicted molar refractivity (Wildman–Crippen MR) is 231 cm³/mol. The lowest BCUT2D eigenvalue weighted by molar-refractivity contribution is -0.504. The average molecular weight is 924 g/mol. The molecule has 0 spiro atoms. The van der Waals surface area contributed by atoms with E-state index in [-0.39, 0.29) is 39.0 Å². The molecule has 1 aliphatic rings. The summed E-state index contributed by atoms with van der Waals surface area (Å²) < 4.78 is 14.1. The summed E-state index contributed by atoms with van der Waals surface area (Å²) in [4.78, 5) is 20.2. The second-order valence-corrected chi connectivity index (χ2v) is 15.2. The average Bonchev–Trinajstić information content (AvgIpc) is 3.15. The first-order valence-electron chi connectivity index (χ1n) is 18.6. The summed E-state index contributed by atoms with van der Waals surface area (Å²) in [5.74, 6) is 1.32. The molecule has 9 nitrogen and oxygen atoms in total. The van der Waals surface area contributed by atoms with Crippen molar-refractivity contribution >= 4 is 70.3 Å². The minimum atomic E-state index is -0.535. The van der Waals surface area contributed by atoms with Gasteiger partial charge in [0.25, 0.3) is 0 Å². The van der Waals surface area contributed by atoms with Gasteiger partial charge in [-0.1, -0.05) is 120 Å². The van der Waals surface area contributed by atoms with Crippen LogP contribution in [0.4, 0.5) is 0 Å². The molecule has 1 heterocycles. The van der Waals surface area contributed by atoms with Gasteiger partial charge in [0, 0.05) is 35.2 Å². The van der Waals surface area contributed by atoms with Crippen molar-refractivity contribution in [1.29, 1.82) is 0 Å². The van der Waals surface area contributed by atoms with E-state index in [1.54, 1.807) is 0 Å². The first-order chi connectivity index (χ1) is 25.0. The predicted octanol–water partition coefficient (Wildman–Crippen LogP) is 12.1. The lowest BCUT2D eigenvalue weighted by Gasteiger charge is -2.31. The third-order valence-electron chi connectivity index (χ3n) is 9.40. The number of benzene rings is 2. The number of alkyl halides is 1. The summed E-state index contributed by atoms with van der Waals surface area (Å²) in [6, 6.07) is 12.2. The maximum atomic E-state index is 12.4. The molecular formula is C40H59I2N7O2. The van der Waals surface area contributed by atoms with E-state index in [2.05, 4.69) is 90.1 Å². The van der Waals surface area contributed by atoms with Crippen molar-refractivity contribution in [2.75, 3.05) is 4.93 Å². The molecule has 11 heteroatoms. The molecule has 0 radical (unpaired) electrons. The lowest BCUT2D eigenvalue weighted by atomic mass is 9.80. The number of carbonyl (C=O) groups excluding carboxylic acids is 1. The van der Waals surface area contributed by atoms with Crippen LogP contribution >= 0.6 is 43.9 Å². The summed E-state index contributed by atoms with van der Waals surface area (Å²) in [7, 11) is 0. The molecular weight excluding hydrogens is 864 g/mol. The van der Waals surface area contributed by atoms with Gasteiger partial charge in [-0.05, 0) is 98.9 Å². The van der Waals surface area contributed by atoms with Crippen molar-refractivity contribution < 1.29 is 14.3 Å². The fourth-order valence-corrected chi connectivity index (χ4v) is 7.75. The molecule has 0 saturated carbocycles. The molecule has 1 aliphatic heterocycles. The molecule has 51 heavy (non-hydrogen) atoms. The summed E-state index contributed by atoms with van der Waals surface area (Å²) in [6.07, 6.45) is 24.9. The minimum absolute atomic E-state index is 0.0246. The van der Waals surface area contributed by atoms with Gasteiger partial charge in [0.15, 0.2) is 12.9 Å². The van der Waals surface area contributed by atoms with Crippen LogP contribution in [0.15, 0.2) is 61.8 Å². The number of halogens is 2. The Morgan fingerprint density at radius 1 is 0.922 bits per heavy atom. The molecule has 4 unspecified atom stereocenters. The van der Waals surface area contributed by atoms with E-state index in [4.69, 9.17) is 4.74 Å². The number of aldehydes is 1. The SMILES string of the molecule is C=NNC([N-][N+](=C)NI)c1ccc2c(c1)Oc1cc(C(N=C)N=IC)ccc1C2CC(C=O)C/C=C/CCCCCCCCCCCCCCC. The van der Waals surface area contributed by atoms with E-state index in [9.17, 15) is 4.79 Å². The Balaban J connectivity index is 1.62. The third kappa shape index (κ3) is 14.7. The first kappa shape index (κ1) is 42.7. The molecule has 0 saturated heterocycles. The third-order valence-corrected chi connectivity index (χ3v) is 11.0. The molecule has 4 atom stereocenters. The zero-order chi connectivity index (χ0) is 36.7. The summed E-state index contributed by atoms with van der Waals surface area (Å²) in [5, 5.41) is 3.86. The number of unbranched alkanes of at least 4 members (excludes halogenated alkanes) is 13. The summed E-state index contributed by atoms with van der Waals surface area (Å²) in [6.45, 7) is 13.5. The number of hydrazone groups is 2. The standard InChI is InChI=1S/C40H59I2N7O2/c1-6-7-8-9-10-11-12-13-14-15-16-17-18-19-20-21-22-31(30-50)27-36-34-25-23-32(39(43-3)45-42-2)28-37(34)51-38-29-33(24-26-35(36)38)40(46-44-4)47-49(5)48-41/h20-21,23-26,28-31,36,39-40,46H,3-19,22,27H2,1-2H3,(H,47,48)/b21-20+. The smallest absolute Gasteiger partial charge is 0.169 e. The molecule has 0 amide bonds. The Morgan fingerprint density at radius 3 is 2.06 bits per heavy atom. The Labute approximate surface area is 331 Å². The minimum Gasteiger partial charge on any atom is -0.457 e. The molecule has 3 rings (SSSR count). The Hall–Kier alpha value is -2.68. The second-order valence-electron chi connectivity index (χ2n) is 13.2. The number of hydrogen-bond donors (Lipinski definition) is 2. The largest absolute Gasteiger partial charge is 0.457 e. The van der Waals surface area contributed by atoms with Crippen molar-refractivity contribution in [2.24, 2.45) is 19.2 Å². The van der Waals surface area contributed by atoms with Crippen LogP contribution in [0.5, 0.6) is 11.5 Å². The monoisotopic (exact) mass is 923 g/mol. The molecule has 0 aliphatic carbocycles. The fourth-order valence-electron chi connectivity index (χ4n) is 6.60. The Bertz CT molecular complexity index is 1430. The molecule has 2 N–H and O–H groups in total. The van der Waals surface area contributed by atoms with Gasteiger partial charge in [0.05, 0.1) is 0 Å². The van der Waals surface area contributed by atoms with Gasteiger partial charge < -0.3 is 9.53 Å². The number of nitrogens with zero attached hydrogens (tertiary/aromatic N) is 5. The van der Waals surface area contributed by atoms with E-state index in [1.165, 1.54) is 88.3 Å². The molecule has 2 aromatic rings. The van der Waals surface area contributed by atoms with Gasteiger partial charge in [-0.2, -0.15) is 10.5 Å². The van der Waals surface area contributed by atoms with E-state index >= 15 is 0 Å². The van der Waals surface area contributed by atoms with Crippen LogP contribution in [0.25, 0.3) is 5.43 Å². The number of fused-ring (bicyclic) bond motifs is 2. The van der Waals surface area contributed by atoms with Gasteiger partial charge in [-0.3, -0.25) is 10.4 Å². The topological polar surface area (TPSA) is 105 Å². The van der Waals surface area contributed by atoms with Crippen molar-refractivity contribution in [2.45, 2.75) is 128 Å². The summed E-state index contributed by atoms with van der Waals surface area (Å²) >= 11 is 1.63. The van der Waals surface area contributed by atoms with Crippen LogP contribution in [-0.4, -0.2) is 36.2 Å². The maximum absolute atomic E-state index is 12.4. The van der Waals surface area contributed by atoms with Gasteiger partial charge in [-0.25, -0.2) is 6.78 Å². The van der Waals surface area contributed by atoms with Crippen molar-refractivity contribution in [1.82, 2.24) is 9.06 Å².